The van der Waals surface area contributed by atoms with Crippen LogP contribution in [0.5, 0.6) is 0 Å². The Morgan fingerprint density at radius 3 is 2.60 bits per heavy atom. The molecule has 110 valence electrons. The van der Waals surface area contributed by atoms with Gasteiger partial charge < -0.3 is 4.90 Å². The Bertz CT molecular complexity index is 521. The van der Waals surface area contributed by atoms with Gasteiger partial charge in [0.2, 0.25) is 5.91 Å². The van der Waals surface area contributed by atoms with Crippen LogP contribution in [-0.4, -0.2) is 29.6 Å². The molecule has 2 atom stereocenters. The van der Waals surface area contributed by atoms with Crippen LogP contribution in [0.25, 0.3) is 0 Å². The van der Waals surface area contributed by atoms with E-state index in [1.807, 2.05) is 19.1 Å². The van der Waals surface area contributed by atoms with Crippen LogP contribution in [0, 0.1) is 12.8 Å². The summed E-state index contributed by atoms with van der Waals surface area (Å²) in [5.74, 6) is -0.410. The minimum Gasteiger partial charge on any atom is -0.330 e. The van der Waals surface area contributed by atoms with E-state index in [9.17, 15) is 18.0 Å². The summed E-state index contributed by atoms with van der Waals surface area (Å²) >= 11 is 1.64. The van der Waals surface area contributed by atoms with Gasteiger partial charge in [-0.25, -0.2) is 0 Å². The summed E-state index contributed by atoms with van der Waals surface area (Å²) < 4.78 is 37.7. The highest BCUT2D eigenvalue weighted by atomic mass is 32.1. The fourth-order valence-electron chi connectivity index (χ4n) is 2.61. The van der Waals surface area contributed by atoms with Gasteiger partial charge in [0.05, 0.1) is 0 Å². The molecule has 2 unspecified atom stereocenters. The fourth-order valence-corrected chi connectivity index (χ4v) is 3.67. The molecule has 2 fully saturated rings. The van der Waals surface area contributed by atoms with E-state index in [0.717, 1.165) is 9.78 Å². The number of carbonyl (C=O) groups is 1. The van der Waals surface area contributed by atoms with Gasteiger partial charge in [0.25, 0.3) is 0 Å². The van der Waals surface area contributed by atoms with Crippen molar-refractivity contribution in [1.29, 1.82) is 0 Å². The first kappa shape index (κ1) is 13.9. The lowest BCUT2D eigenvalue weighted by atomic mass is 10.2. The van der Waals surface area contributed by atoms with Crippen molar-refractivity contribution < 1.29 is 18.0 Å². The van der Waals surface area contributed by atoms with E-state index in [4.69, 9.17) is 0 Å². The molecule has 0 saturated heterocycles. The quantitative estimate of drug-likeness (QED) is 0.830. The fraction of sp³-hybridized carbons (Fsp3) is 0.643. The average Bonchev–Trinajstić information content (AvgIpc) is 3.24. The molecule has 0 radical (unpaired) electrons. The molecule has 3 rings (SSSR count). The van der Waals surface area contributed by atoms with Gasteiger partial charge in [-0.3, -0.25) is 4.79 Å². The Morgan fingerprint density at radius 2 is 2.10 bits per heavy atom. The van der Waals surface area contributed by atoms with Crippen LogP contribution in [-0.2, 0) is 4.79 Å². The number of hydrogen-bond acceptors (Lipinski definition) is 2. The molecule has 2 nitrogen and oxygen atoms in total. The minimum atomic E-state index is -4.30. The van der Waals surface area contributed by atoms with Crippen molar-refractivity contribution in [2.24, 2.45) is 5.92 Å². The summed E-state index contributed by atoms with van der Waals surface area (Å²) in [4.78, 5) is 15.6. The molecule has 0 spiro atoms. The Labute approximate surface area is 119 Å². The SMILES string of the molecule is Cc1ccc(C2CC2C(=O)N(CC(F)(F)F)C2CC2)s1. The number of rotatable bonds is 4. The lowest BCUT2D eigenvalue weighted by Crippen LogP contribution is -2.41. The molecule has 1 aromatic heterocycles. The second-order valence-electron chi connectivity index (χ2n) is 5.71. The highest BCUT2D eigenvalue weighted by Gasteiger charge is 2.50. The van der Waals surface area contributed by atoms with Crippen molar-refractivity contribution in [3.8, 4) is 0 Å². The van der Waals surface area contributed by atoms with Crippen molar-refractivity contribution in [1.82, 2.24) is 4.90 Å². The maximum absolute atomic E-state index is 12.6. The molecule has 0 aliphatic heterocycles. The average molecular weight is 303 g/mol. The van der Waals surface area contributed by atoms with Gasteiger partial charge in [0, 0.05) is 27.6 Å². The molecule has 0 N–H and O–H groups in total. The topological polar surface area (TPSA) is 20.3 Å². The van der Waals surface area contributed by atoms with E-state index in [-0.39, 0.29) is 23.8 Å². The molecule has 6 heteroatoms. The molecule has 0 aromatic carbocycles. The van der Waals surface area contributed by atoms with Crippen LogP contribution < -0.4 is 0 Å². The van der Waals surface area contributed by atoms with Gasteiger partial charge in [-0.2, -0.15) is 13.2 Å². The molecular weight excluding hydrogens is 287 g/mol. The van der Waals surface area contributed by atoms with Crippen LogP contribution in [0.3, 0.4) is 0 Å². The number of halogens is 3. The Balaban J connectivity index is 1.66. The predicted molar refractivity (Wildman–Crippen MR) is 70.7 cm³/mol. The van der Waals surface area contributed by atoms with Gasteiger partial charge in [-0.15, -0.1) is 11.3 Å². The van der Waals surface area contributed by atoms with E-state index < -0.39 is 12.7 Å². The molecule has 1 heterocycles. The summed E-state index contributed by atoms with van der Waals surface area (Å²) in [5.41, 5.74) is 0. The molecular formula is C14H16F3NOS. The lowest BCUT2D eigenvalue weighted by Gasteiger charge is -2.24. The summed E-state index contributed by atoms with van der Waals surface area (Å²) in [6.07, 6.45) is -2.20. The summed E-state index contributed by atoms with van der Waals surface area (Å²) in [6, 6.07) is 3.80. The lowest BCUT2D eigenvalue weighted by molar-refractivity contribution is -0.163. The van der Waals surface area contributed by atoms with Gasteiger partial charge in [-0.05, 0) is 38.3 Å². The number of hydrogen-bond donors (Lipinski definition) is 0. The number of thiophene rings is 1. The molecule has 2 aliphatic carbocycles. The van der Waals surface area contributed by atoms with Crippen LogP contribution in [0.1, 0.15) is 34.9 Å². The highest BCUT2D eigenvalue weighted by molar-refractivity contribution is 7.12. The van der Waals surface area contributed by atoms with Crippen molar-refractivity contribution in [3.63, 3.8) is 0 Å². The zero-order valence-corrected chi connectivity index (χ0v) is 11.9. The summed E-state index contributed by atoms with van der Waals surface area (Å²) in [7, 11) is 0. The minimum absolute atomic E-state index is 0.135. The van der Waals surface area contributed by atoms with Crippen LogP contribution >= 0.6 is 11.3 Å². The van der Waals surface area contributed by atoms with Gasteiger partial charge in [0.1, 0.15) is 6.54 Å². The molecule has 1 aromatic rings. The van der Waals surface area contributed by atoms with Gasteiger partial charge in [0.15, 0.2) is 0 Å². The normalized spacial score (nSPS) is 25.6. The first-order chi connectivity index (χ1) is 9.35. The number of aryl methyl sites for hydroxylation is 1. The van der Waals surface area contributed by atoms with E-state index in [0.29, 0.717) is 19.3 Å². The predicted octanol–water partition coefficient (Wildman–Crippen LogP) is 3.71. The molecule has 20 heavy (non-hydrogen) atoms. The Kier molecular flexibility index (Phi) is 3.31. The standard InChI is InChI=1S/C14H16F3NOS/c1-8-2-5-12(20-8)10-6-11(10)13(19)18(9-3-4-9)7-14(15,16)17/h2,5,9-11H,3-4,6-7H2,1H3. The van der Waals surface area contributed by atoms with E-state index in [1.54, 1.807) is 11.3 Å². The second kappa shape index (κ2) is 4.76. The largest absolute Gasteiger partial charge is 0.406 e. The van der Waals surface area contributed by atoms with E-state index in [1.165, 1.54) is 4.88 Å². The van der Waals surface area contributed by atoms with Crippen molar-refractivity contribution in [2.45, 2.75) is 44.3 Å². The van der Waals surface area contributed by atoms with Crippen LogP contribution in [0.15, 0.2) is 12.1 Å². The third-order valence-electron chi connectivity index (χ3n) is 3.85. The Hall–Kier alpha value is -1.04. The smallest absolute Gasteiger partial charge is 0.330 e. The number of amides is 1. The first-order valence-corrected chi connectivity index (χ1v) is 7.60. The molecule has 0 bridgehead atoms. The Morgan fingerprint density at radius 1 is 1.40 bits per heavy atom. The van der Waals surface area contributed by atoms with Crippen molar-refractivity contribution in [2.75, 3.05) is 6.54 Å². The maximum Gasteiger partial charge on any atom is 0.406 e. The van der Waals surface area contributed by atoms with Crippen LogP contribution in [0.4, 0.5) is 13.2 Å². The molecule has 2 aliphatic rings. The zero-order chi connectivity index (χ0) is 14.5. The van der Waals surface area contributed by atoms with E-state index in [2.05, 4.69) is 0 Å². The second-order valence-corrected chi connectivity index (χ2v) is 7.03. The summed E-state index contributed by atoms with van der Waals surface area (Å²) in [6.45, 7) is 0.900. The zero-order valence-electron chi connectivity index (χ0n) is 11.1. The third kappa shape index (κ3) is 3.00. The van der Waals surface area contributed by atoms with Crippen molar-refractivity contribution >= 4 is 17.2 Å². The summed E-state index contributed by atoms with van der Waals surface area (Å²) in [5, 5.41) is 0. The number of alkyl halides is 3. The number of nitrogens with zero attached hydrogens (tertiary/aromatic N) is 1. The third-order valence-corrected chi connectivity index (χ3v) is 4.99. The number of carbonyl (C=O) groups excluding carboxylic acids is 1. The molecule has 1 amide bonds. The van der Waals surface area contributed by atoms with Gasteiger partial charge in [-0.1, -0.05) is 0 Å². The van der Waals surface area contributed by atoms with Gasteiger partial charge >= 0.3 is 6.18 Å². The molecule has 2 saturated carbocycles. The highest BCUT2D eigenvalue weighted by Crippen LogP contribution is 2.51. The first-order valence-electron chi connectivity index (χ1n) is 6.79. The van der Waals surface area contributed by atoms with E-state index >= 15 is 0 Å². The van der Waals surface area contributed by atoms with Crippen LogP contribution in [0.2, 0.25) is 0 Å². The maximum atomic E-state index is 12.6. The monoisotopic (exact) mass is 303 g/mol. The van der Waals surface area contributed by atoms with Crippen molar-refractivity contribution in [3.05, 3.63) is 21.9 Å².